The minimum Gasteiger partial charge on any atom is -0.497 e. The van der Waals surface area contributed by atoms with Crippen molar-refractivity contribution in [1.82, 2.24) is 0 Å². The summed E-state index contributed by atoms with van der Waals surface area (Å²) in [6.45, 7) is 4.87. The predicted octanol–water partition coefficient (Wildman–Crippen LogP) is 5.17. The van der Waals surface area contributed by atoms with Crippen LogP contribution in [0.25, 0.3) is 0 Å². The van der Waals surface area contributed by atoms with Gasteiger partial charge in [0.15, 0.2) is 0 Å². The SMILES string of the molecule is COc1ccc(CNc2ccccc2NCC(=O)N(c2ccc(OC)cc2)C(C)C)cc1. The summed E-state index contributed by atoms with van der Waals surface area (Å²) < 4.78 is 10.4. The van der Waals surface area contributed by atoms with Gasteiger partial charge in [-0.15, -0.1) is 0 Å². The third-order valence-corrected chi connectivity index (χ3v) is 5.13. The van der Waals surface area contributed by atoms with Crippen LogP contribution in [0, 0.1) is 0 Å². The van der Waals surface area contributed by atoms with E-state index in [1.807, 2.05) is 86.6 Å². The van der Waals surface area contributed by atoms with Gasteiger partial charge in [0.05, 0.1) is 32.1 Å². The van der Waals surface area contributed by atoms with Gasteiger partial charge in [0.2, 0.25) is 5.91 Å². The average Bonchev–Trinajstić information content (AvgIpc) is 2.82. The van der Waals surface area contributed by atoms with Gasteiger partial charge in [-0.1, -0.05) is 24.3 Å². The van der Waals surface area contributed by atoms with Crippen LogP contribution in [0.5, 0.6) is 11.5 Å². The van der Waals surface area contributed by atoms with Gasteiger partial charge in [0, 0.05) is 18.3 Å². The van der Waals surface area contributed by atoms with Gasteiger partial charge in [0.25, 0.3) is 0 Å². The van der Waals surface area contributed by atoms with Crippen molar-refractivity contribution in [3.05, 3.63) is 78.4 Å². The largest absolute Gasteiger partial charge is 0.497 e. The number of anilines is 3. The number of carbonyl (C=O) groups is 1. The Labute approximate surface area is 190 Å². The van der Waals surface area contributed by atoms with E-state index in [4.69, 9.17) is 9.47 Å². The van der Waals surface area contributed by atoms with Gasteiger partial charge < -0.3 is 25.0 Å². The molecule has 0 bridgehead atoms. The fourth-order valence-electron chi connectivity index (χ4n) is 3.46. The maximum atomic E-state index is 13.1. The summed E-state index contributed by atoms with van der Waals surface area (Å²) in [5, 5.41) is 6.74. The van der Waals surface area contributed by atoms with E-state index in [2.05, 4.69) is 10.6 Å². The molecule has 0 aliphatic rings. The molecule has 0 aliphatic heterocycles. The lowest BCUT2D eigenvalue weighted by atomic mass is 10.2. The van der Waals surface area contributed by atoms with Gasteiger partial charge in [0.1, 0.15) is 11.5 Å². The quantitative estimate of drug-likeness (QED) is 0.462. The highest BCUT2D eigenvalue weighted by molar-refractivity contribution is 5.97. The lowest BCUT2D eigenvalue weighted by Crippen LogP contribution is -2.40. The first-order valence-corrected chi connectivity index (χ1v) is 10.7. The van der Waals surface area contributed by atoms with Crippen LogP contribution in [-0.2, 0) is 11.3 Å². The Morgan fingerprint density at radius 1 is 0.812 bits per heavy atom. The van der Waals surface area contributed by atoms with Crippen LogP contribution in [0.15, 0.2) is 72.8 Å². The van der Waals surface area contributed by atoms with Crippen molar-refractivity contribution >= 4 is 23.0 Å². The number of ether oxygens (including phenoxy) is 2. The standard InChI is InChI=1S/C26H31N3O3/c1-19(2)29(21-11-15-23(32-4)16-12-21)26(30)18-28-25-8-6-5-7-24(25)27-17-20-9-13-22(31-3)14-10-20/h5-16,19,27-28H,17-18H2,1-4H3. The average molecular weight is 434 g/mol. The first-order chi connectivity index (χ1) is 15.5. The summed E-state index contributed by atoms with van der Waals surface area (Å²) in [5.41, 5.74) is 3.81. The zero-order chi connectivity index (χ0) is 22.9. The Hall–Kier alpha value is -3.67. The molecule has 2 N–H and O–H groups in total. The van der Waals surface area contributed by atoms with Crippen LogP contribution >= 0.6 is 0 Å². The summed E-state index contributed by atoms with van der Waals surface area (Å²) in [5.74, 6) is 1.59. The third-order valence-electron chi connectivity index (χ3n) is 5.13. The number of rotatable bonds is 10. The second-order valence-corrected chi connectivity index (χ2v) is 7.66. The molecule has 0 radical (unpaired) electrons. The van der Waals surface area contributed by atoms with Crippen LogP contribution in [0.3, 0.4) is 0 Å². The highest BCUT2D eigenvalue weighted by Gasteiger charge is 2.19. The number of para-hydroxylation sites is 2. The van der Waals surface area contributed by atoms with E-state index in [9.17, 15) is 4.79 Å². The van der Waals surface area contributed by atoms with Gasteiger partial charge in [-0.05, 0) is 67.9 Å². The predicted molar refractivity (Wildman–Crippen MR) is 131 cm³/mol. The first kappa shape index (κ1) is 23.0. The molecular weight excluding hydrogens is 402 g/mol. The zero-order valence-corrected chi connectivity index (χ0v) is 19.1. The summed E-state index contributed by atoms with van der Waals surface area (Å²) in [7, 11) is 3.29. The molecule has 32 heavy (non-hydrogen) atoms. The fourth-order valence-corrected chi connectivity index (χ4v) is 3.46. The minimum absolute atomic E-state index is 0.00451. The summed E-state index contributed by atoms with van der Waals surface area (Å²) in [6, 6.07) is 23.4. The number of hydrogen-bond donors (Lipinski definition) is 2. The molecule has 1 amide bonds. The number of carbonyl (C=O) groups excluding carboxylic acids is 1. The molecule has 6 heteroatoms. The molecule has 0 fully saturated rings. The monoisotopic (exact) mass is 433 g/mol. The lowest BCUT2D eigenvalue weighted by Gasteiger charge is -2.27. The van der Waals surface area contributed by atoms with Gasteiger partial charge in [-0.25, -0.2) is 0 Å². The number of methoxy groups -OCH3 is 2. The molecule has 0 saturated carbocycles. The molecule has 0 aromatic heterocycles. The molecular formula is C26H31N3O3. The molecule has 0 heterocycles. The van der Waals surface area contributed by atoms with Crippen molar-refractivity contribution in [2.45, 2.75) is 26.4 Å². The molecule has 0 spiro atoms. The molecule has 168 valence electrons. The van der Waals surface area contributed by atoms with E-state index < -0.39 is 0 Å². The maximum absolute atomic E-state index is 13.1. The molecule has 3 aromatic carbocycles. The molecule has 0 saturated heterocycles. The van der Waals surface area contributed by atoms with Crippen molar-refractivity contribution in [3.8, 4) is 11.5 Å². The Bertz CT molecular complexity index is 1000. The second-order valence-electron chi connectivity index (χ2n) is 7.66. The van der Waals surface area contributed by atoms with E-state index in [0.717, 1.165) is 34.1 Å². The molecule has 6 nitrogen and oxygen atoms in total. The van der Waals surface area contributed by atoms with Crippen LogP contribution in [0.2, 0.25) is 0 Å². The van der Waals surface area contributed by atoms with E-state index >= 15 is 0 Å². The van der Waals surface area contributed by atoms with Crippen LogP contribution < -0.4 is 25.0 Å². The van der Waals surface area contributed by atoms with Gasteiger partial charge >= 0.3 is 0 Å². The summed E-state index contributed by atoms with van der Waals surface area (Å²) >= 11 is 0. The number of hydrogen-bond acceptors (Lipinski definition) is 5. The number of benzene rings is 3. The molecule has 3 rings (SSSR count). The Balaban J connectivity index is 1.65. The molecule has 3 aromatic rings. The van der Waals surface area contributed by atoms with E-state index in [1.165, 1.54) is 0 Å². The van der Waals surface area contributed by atoms with E-state index in [1.54, 1.807) is 19.1 Å². The van der Waals surface area contributed by atoms with Crippen LogP contribution in [0.1, 0.15) is 19.4 Å². The number of nitrogens with zero attached hydrogens (tertiary/aromatic N) is 1. The Morgan fingerprint density at radius 3 is 1.88 bits per heavy atom. The van der Waals surface area contributed by atoms with Crippen molar-refractivity contribution in [3.63, 3.8) is 0 Å². The number of amides is 1. The summed E-state index contributed by atoms with van der Waals surface area (Å²) in [6.07, 6.45) is 0. The molecule has 0 atom stereocenters. The van der Waals surface area contributed by atoms with E-state index in [-0.39, 0.29) is 18.5 Å². The Kier molecular flexibility index (Phi) is 7.97. The minimum atomic E-state index is -0.00451. The van der Waals surface area contributed by atoms with Crippen LogP contribution in [-0.4, -0.2) is 32.7 Å². The van der Waals surface area contributed by atoms with Gasteiger partial charge in [-0.2, -0.15) is 0 Å². The van der Waals surface area contributed by atoms with Gasteiger partial charge in [-0.3, -0.25) is 4.79 Å². The third kappa shape index (κ3) is 5.94. The second kappa shape index (κ2) is 11.1. The highest BCUT2D eigenvalue weighted by Crippen LogP contribution is 2.24. The molecule has 0 unspecified atom stereocenters. The fraction of sp³-hybridized carbons (Fsp3) is 0.269. The maximum Gasteiger partial charge on any atom is 0.246 e. The van der Waals surface area contributed by atoms with Crippen molar-refractivity contribution < 1.29 is 14.3 Å². The normalized spacial score (nSPS) is 10.5. The number of nitrogens with one attached hydrogen (secondary N) is 2. The van der Waals surface area contributed by atoms with Crippen molar-refractivity contribution in [2.24, 2.45) is 0 Å². The van der Waals surface area contributed by atoms with E-state index in [0.29, 0.717) is 6.54 Å². The van der Waals surface area contributed by atoms with Crippen molar-refractivity contribution in [1.29, 1.82) is 0 Å². The van der Waals surface area contributed by atoms with Crippen molar-refractivity contribution in [2.75, 3.05) is 36.3 Å². The Morgan fingerprint density at radius 2 is 1.34 bits per heavy atom. The highest BCUT2D eigenvalue weighted by atomic mass is 16.5. The zero-order valence-electron chi connectivity index (χ0n) is 19.1. The molecule has 0 aliphatic carbocycles. The van der Waals surface area contributed by atoms with Crippen LogP contribution in [0.4, 0.5) is 17.1 Å². The summed E-state index contributed by atoms with van der Waals surface area (Å²) in [4.78, 5) is 14.9. The smallest absolute Gasteiger partial charge is 0.246 e. The topological polar surface area (TPSA) is 62.8 Å². The first-order valence-electron chi connectivity index (χ1n) is 10.7. The lowest BCUT2D eigenvalue weighted by molar-refractivity contribution is -0.117.